The molecule has 6 atom stereocenters. The molecule has 0 saturated carbocycles. The molecule has 9 nitrogen and oxygen atoms in total. The first-order valence-corrected chi connectivity index (χ1v) is 27.6. The van der Waals surface area contributed by atoms with Crippen molar-refractivity contribution in [3.05, 3.63) is 36.5 Å². The fourth-order valence-electron chi connectivity index (χ4n) is 8.46. The molecule has 1 saturated heterocycles. The Morgan fingerprint density at radius 2 is 0.892 bits per heavy atom. The van der Waals surface area contributed by atoms with Crippen LogP contribution in [0.15, 0.2) is 36.5 Å². The molecule has 1 rings (SSSR count). The van der Waals surface area contributed by atoms with E-state index in [0.717, 1.165) is 38.5 Å². The lowest BCUT2D eigenvalue weighted by Crippen LogP contribution is -2.59. The summed E-state index contributed by atoms with van der Waals surface area (Å²) in [6, 6.07) is 0. The molecule has 1 aliphatic rings. The lowest BCUT2D eigenvalue weighted by molar-refractivity contribution is -0.305. The first-order valence-electron chi connectivity index (χ1n) is 27.6. The molecule has 65 heavy (non-hydrogen) atoms. The zero-order valence-electron chi connectivity index (χ0n) is 42.2. The van der Waals surface area contributed by atoms with E-state index in [2.05, 4.69) is 50.3 Å². The molecule has 382 valence electrons. The fraction of sp³-hybridized carbons (Fsp3) is 0.875. The summed E-state index contributed by atoms with van der Waals surface area (Å²) in [6.45, 7) is 4.57. The molecule has 1 fully saturated rings. The Labute approximate surface area is 400 Å². The average Bonchev–Trinajstić information content (AvgIpc) is 3.31. The van der Waals surface area contributed by atoms with E-state index in [1.165, 1.54) is 193 Å². The molecule has 1 heterocycles. The zero-order chi connectivity index (χ0) is 47.1. The van der Waals surface area contributed by atoms with Gasteiger partial charge in [0, 0.05) is 13.0 Å². The minimum atomic E-state index is -1.54. The van der Waals surface area contributed by atoms with Gasteiger partial charge >= 0.3 is 5.97 Å². The van der Waals surface area contributed by atoms with Gasteiger partial charge in [-0.05, 0) is 70.6 Å². The van der Waals surface area contributed by atoms with Crippen LogP contribution in [0.1, 0.15) is 251 Å². The van der Waals surface area contributed by atoms with Crippen molar-refractivity contribution in [3.8, 4) is 0 Å². The van der Waals surface area contributed by atoms with Crippen molar-refractivity contribution < 1.29 is 44.2 Å². The number of carbonyl (C=O) groups excluding carboxylic acids is 1. The van der Waals surface area contributed by atoms with Crippen molar-refractivity contribution in [2.24, 2.45) is 0 Å². The summed E-state index contributed by atoms with van der Waals surface area (Å²) in [5, 5.41) is 40.3. The number of ether oxygens (including phenoxy) is 4. The van der Waals surface area contributed by atoms with Gasteiger partial charge in [0.2, 0.25) is 0 Å². The predicted molar refractivity (Wildman–Crippen MR) is 270 cm³/mol. The molecule has 0 radical (unpaired) electrons. The van der Waals surface area contributed by atoms with Crippen LogP contribution >= 0.6 is 0 Å². The van der Waals surface area contributed by atoms with Crippen LogP contribution in [0.5, 0.6) is 0 Å². The van der Waals surface area contributed by atoms with E-state index in [9.17, 15) is 25.2 Å². The highest BCUT2D eigenvalue weighted by Gasteiger charge is 2.44. The van der Waals surface area contributed by atoms with Crippen molar-refractivity contribution in [2.75, 3.05) is 26.4 Å². The van der Waals surface area contributed by atoms with Crippen LogP contribution in [0.25, 0.3) is 0 Å². The van der Waals surface area contributed by atoms with Gasteiger partial charge in [0.25, 0.3) is 0 Å². The second-order valence-electron chi connectivity index (χ2n) is 19.0. The Morgan fingerprint density at radius 3 is 1.35 bits per heavy atom. The Morgan fingerprint density at radius 1 is 0.492 bits per heavy atom. The van der Waals surface area contributed by atoms with Crippen LogP contribution in [-0.4, -0.2) is 89.6 Å². The molecule has 0 bridgehead atoms. The van der Waals surface area contributed by atoms with Crippen LogP contribution < -0.4 is 0 Å². The number of aliphatic hydroxyl groups is 4. The number of unbranched alkanes of at least 4 members (excludes halogenated alkanes) is 31. The van der Waals surface area contributed by atoms with Crippen molar-refractivity contribution in [1.82, 2.24) is 0 Å². The van der Waals surface area contributed by atoms with Gasteiger partial charge in [0.05, 0.1) is 19.8 Å². The van der Waals surface area contributed by atoms with Gasteiger partial charge in [-0.25, -0.2) is 0 Å². The van der Waals surface area contributed by atoms with Crippen molar-refractivity contribution >= 4 is 5.97 Å². The summed E-state index contributed by atoms with van der Waals surface area (Å²) in [7, 11) is 0. The van der Waals surface area contributed by atoms with Gasteiger partial charge in [0.1, 0.15) is 30.5 Å². The minimum absolute atomic E-state index is 0.114. The average molecular weight is 921 g/mol. The van der Waals surface area contributed by atoms with Crippen LogP contribution in [0.2, 0.25) is 0 Å². The second-order valence-corrected chi connectivity index (χ2v) is 19.0. The van der Waals surface area contributed by atoms with Gasteiger partial charge in [-0.15, -0.1) is 0 Å². The van der Waals surface area contributed by atoms with E-state index in [1.807, 2.05) is 0 Å². The number of hydrogen-bond acceptors (Lipinski definition) is 9. The molecule has 9 heteroatoms. The Bertz CT molecular complexity index is 1090. The maximum Gasteiger partial charge on any atom is 0.306 e. The number of esters is 1. The summed E-state index contributed by atoms with van der Waals surface area (Å²) >= 11 is 0. The number of hydrogen-bond donors (Lipinski definition) is 4. The van der Waals surface area contributed by atoms with Crippen LogP contribution in [0.3, 0.4) is 0 Å². The van der Waals surface area contributed by atoms with E-state index in [1.54, 1.807) is 0 Å². The molecule has 0 aromatic heterocycles. The van der Waals surface area contributed by atoms with Gasteiger partial charge in [0.15, 0.2) is 6.29 Å². The summed E-state index contributed by atoms with van der Waals surface area (Å²) in [4.78, 5) is 12.9. The van der Waals surface area contributed by atoms with Crippen LogP contribution in [-0.2, 0) is 23.7 Å². The van der Waals surface area contributed by atoms with Crippen molar-refractivity contribution in [3.63, 3.8) is 0 Å². The normalized spacial score (nSPS) is 19.6. The molecule has 1 aliphatic heterocycles. The molecule has 0 aromatic carbocycles. The van der Waals surface area contributed by atoms with E-state index in [-0.39, 0.29) is 19.2 Å². The largest absolute Gasteiger partial charge is 0.457 e. The highest BCUT2D eigenvalue weighted by atomic mass is 16.7. The lowest BCUT2D eigenvalue weighted by atomic mass is 9.99. The standard InChI is InChI=1S/C56H104O9/c1-3-5-7-9-11-13-15-17-19-21-23-24-25-26-27-29-31-33-35-37-39-41-43-45-52(58)64-50(49-63-56-55(61)54(60)53(59)51(47-57)65-56)48-62-46-44-42-40-38-36-34-32-30-28-22-20-18-16-14-12-10-8-6-4-2/h14,16,20-23,50-51,53-57,59-61H,3-13,15,17-19,24-49H2,1-2H3/b16-14-,22-20-,23-21-. The Hall–Kier alpha value is -1.59. The highest BCUT2D eigenvalue weighted by molar-refractivity contribution is 5.69. The van der Waals surface area contributed by atoms with Crippen molar-refractivity contribution in [2.45, 2.75) is 288 Å². The van der Waals surface area contributed by atoms with Gasteiger partial charge in [-0.3, -0.25) is 4.79 Å². The maximum absolute atomic E-state index is 12.9. The van der Waals surface area contributed by atoms with Crippen molar-refractivity contribution in [1.29, 1.82) is 0 Å². The summed E-state index contributed by atoms with van der Waals surface area (Å²) < 4.78 is 22.9. The summed E-state index contributed by atoms with van der Waals surface area (Å²) in [6.07, 6.45) is 51.8. The monoisotopic (exact) mass is 921 g/mol. The first kappa shape index (κ1) is 61.4. The van der Waals surface area contributed by atoms with Crippen LogP contribution in [0.4, 0.5) is 0 Å². The molecule has 0 aliphatic carbocycles. The number of aliphatic hydroxyl groups excluding tert-OH is 4. The smallest absolute Gasteiger partial charge is 0.306 e. The molecule has 0 spiro atoms. The van der Waals surface area contributed by atoms with Gasteiger partial charge in [-0.2, -0.15) is 0 Å². The molecule has 6 unspecified atom stereocenters. The van der Waals surface area contributed by atoms with Gasteiger partial charge in [-0.1, -0.05) is 211 Å². The SMILES string of the molecule is CCCCCC/C=C\C/C=C\CCCCCCCCCCOCC(COC1OC(CO)C(O)C(O)C1O)OC(=O)CCCCCCCCCCCCC/C=C\CCCCCCCCCC. The highest BCUT2D eigenvalue weighted by Crippen LogP contribution is 2.23. The quantitative estimate of drug-likeness (QED) is 0.0267. The molecular formula is C56H104O9. The minimum Gasteiger partial charge on any atom is -0.457 e. The van der Waals surface area contributed by atoms with E-state index < -0.39 is 43.4 Å². The Kier molecular flexibility index (Phi) is 44.9. The summed E-state index contributed by atoms with van der Waals surface area (Å²) in [5.74, 6) is -0.313. The number of carbonyl (C=O) groups is 1. The molecular weight excluding hydrogens is 817 g/mol. The number of allylic oxidation sites excluding steroid dienone is 6. The van der Waals surface area contributed by atoms with E-state index in [4.69, 9.17) is 18.9 Å². The molecule has 4 N–H and O–H groups in total. The molecule has 0 amide bonds. The summed E-state index contributed by atoms with van der Waals surface area (Å²) in [5.41, 5.74) is 0. The van der Waals surface area contributed by atoms with E-state index >= 15 is 0 Å². The Balaban J connectivity index is 2.17. The third kappa shape index (κ3) is 38.0. The fourth-order valence-corrected chi connectivity index (χ4v) is 8.46. The van der Waals surface area contributed by atoms with Gasteiger partial charge < -0.3 is 39.4 Å². The second kappa shape index (κ2) is 47.5. The third-order valence-electron chi connectivity index (χ3n) is 12.8. The first-order chi connectivity index (χ1) is 31.9. The lowest BCUT2D eigenvalue weighted by Gasteiger charge is -2.39. The molecule has 0 aromatic rings. The number of rotatable bonds is 48. The topological polar surface area (TPSA) is 135 Å². The zero-order valence-corrected chi connectivity index (χ0v) is 42.2. The third-order valence-corrected chi connectivity index (χ3v) is 12.8. The maximum atomic E-state index is 12.9. The van der Waals surface area contributed by atoms with E-state index in [0.29, 0.717) is 13.0 Å². The van der Waals surface area contributed by atoms with Crippen LogP contribution in [0, 0.1) is 0 Å². The predicted octanol–water partition coefficient (Wildman–Crippen LogP) is 13.9.